The van der Waals surface area contributed by atoms with Gasteiger partial charge in [-0.2, -0.15) is 0 Å². The molecule has 0 radical (unpaired) electrons. The van der Waals surface area contributed by atoms with Crippen LogP contribution in [0.3, 0.4) is 0 Å². The lowest BCUT2D eigenvalue weighted by Crippen LogP contribution is -2.40. The number of nitrogens with zero attached hydrogens (tertiary/aromatic N) is 2. The molecule has 2 aromatic rings. The van der Waals surface area contributed by atoms with Gasteiger partial charge in [0.2, 0.25) is 11.8 Å². The quantitative estimate of drug-likeness (QED) is 0.769. The van der Waals surface area contributed by atoms with Crippen LogP contribution in [-0.2, 0) is 22.6 Å². The Labute approximate surface area is 182 Å². The molecule has 3 heterocycles. The minimum atomic E-state index is -0.389. The van der Waals surface area contributed by atoms with Crippen molar-refractivity contribution in [1.29, 1.82) is 0 Å². The molecule has 2 unspecified atom stereocenters. The van der Waals surface area contributed by atoms with Crippen LogP contribution in [0, 0.1) is 24.1 Å². The Balaban J connectivity index is 1.54. The number of hydrogen-bond acceptors (Lipinski definition) is 3. The number of hydrogen-bond donors (Lipinski definition) is 2. The second-order valence-corrected chi connectivity index (χ2v) is 9.87. The van der Waals surface area contributed by atoms with Gasteiger partial charge in [0.15, 0.2) is 0 Å². The Morgan fingerprint density at radius 2 is 2.00 bits per heavy atom. The Bertz CT molecular complexity index is 1030. The van der Waals surface area contributed by atoms with Gasteiger partial charge in [0.05, 0.1) is 6.20 Å². The Morgan fingerprint density at radius 3 is 2.74 bits per heavy atom. The molecule has 2 aliphatic rings. The number of rotatable bonds is 4. The molecule has 0 spiro atoms. The van der Waals surface area contributed by atoms with E-state index in [9.17, 15) is 14.0 Å². The number of aromatic nitrogens is 2. The van der Waals surface area contributed by atoms with Gasteiger partial charge < -0.3 is 15.2 Å². The molecule has 1 fully saturated rings. The molecule has 0 bridgehead atoms. The number of anilines is 1. The van der Waals surface area contributed by atoms with Crippen LogP contribution >= 0.6 is 0 Å². The van der Waals surface area contributed by atoms with Crippen molar-refractivity contribution in [1.82, 2.24) is 14.9 Å². The fraction of sp³-hybridized carbons (Fsp3) is 0.542. The van der Waals surface area contributed by atoms with Gasteiger partial charge in [0.25, 0.3) is 0 Å². The zero-order valence-corrected chi connectivity index (χ0v) is 18.7. The Hall–Kier alpha value is -2.70. The summed E-state index contributed by atoms with van der Waals surface area (Å²) in [7, 11) is 0. The van der Waals surface area contributed by atoms with Gasteiger partial charge in [-0.1, -0.05) is 20.3 Å². The van der Waals surface area contributed by atoms with Crippen molar-refractivity contribution in [3.8, 4) is 11.1 Å². The van der Waals surface area contributed by atoms with Gasteiger partial charge >= 0.3 is 0 Å². The second-order valence-electron chi connectivity index (χ2n) is 9.87. The van der Waals surface area contributed by atoms with Crippen LogP contribution in [0.25, 0.3) is 11.1 Å². The number of amides is 2. The Kier molecular flexibility index (Phi) is 5.62. The summed E-state index contributed by atoms with van der Waals surface area (Å²) in [5, 5.41) is 5.79. The number of carbonyl (C=O) groups is 2. The van der Waals surface area contributed by atoms with Crippen LogP contribution in [0.1, 0.15) is 57.8 Å². The van der Waals surface area contributed by atoms with Crippen molar-refractivity contribution >= 4 is 17.6 Å². The predicted octanol–water partition coefficient (Wildman–Crippen LogP) is 4.21. The van der Waals surface area contributed by atoms with Gasteiger partial charge in [-0.15, -0.1) is 0 Å². The zero-order valence-electron chi connectivity index (χ0n) is 18.7. The summed E-state index contributed by atoms with van der Waals surface area (Å²) in [6.45, 7) is 8.90. The van der Waals surface area contributed by atoms with E-state index in [1.807, 2.05) is 13.0 Å². The molecule has 2 N–H and O–H groups in total. The zero-order chi connectivity index (χ0) is 22.3. The maximum absolute atomic E-state index is 14.8. The number of nitrogens with one attached hydrogen (secondary N) is 2. The SMILES string of the molecule is CC(=O)NC1CCCC(C(=O)Nc2cc(-c3cc(C)n4c3CC(C)(C)C4)c(F)cn2)C1. The molecule has 6 nitrogen and oxygen atoms in total. The summed E-state index contributed by atoms with van der Waals surface area (Å²) in [5.41, 5.74) is 3.74. The highest BCUT2D eigenvalue weighted by Crippen LogP contribution is 2.40. The van der Waals surface area contributed by atoms with Crippen LogP contribution in [0.5, 0.6) is 0 Å². The minimum absolute atomic E-state index is 0.0222. The molecule has 31 heavy (non-hydrogen) atoms. The predicted molar refractivity (Wildman–Crippen MR) is 118 cm³/mol. The summed E-state index contributed by atoms with van der Waals surface area (Å²) in [5.74, 6) is -0.422. The number of carbonyl (C=O) groups excluding carboxylic acids is 2. The van der Waals surface area contributed by atoms with E-state index in [-0.39, 0.29) is 35.0 Å². The first kappa shape index (κ1) is 21.5. The fourth-order valence-electron chi connectivity index (χ4n) is 5.10. The molecule has 1 aliphatic heterocycles. The maximum atomic E-state index is 14.8. The first-order valence-electron chi connectivity index (χ1n) is 11.1. The standard InChI is InChI=1S/C24H31FN4O2/c1-14-8-19(21-11-24(3,4)13-29(14)21)18-10-22(26-12-20(18)25)28-23(31)16-6-5-7-17(9-16)27-15(2)30/h8,10,12,16-17H,5-7,9,11,13H2,1-4H3,(H,27,30)(H,26,28,31). The third kappa shape index (κ3) is 4.50. The van der Waals surface area contributed by atoms with Crippen molar-refractivity contribution in [2.24, 2.45) is 11.3 Å². The van der Waals surface area contributed by atoms with Gasteiger partial charge in [-0.3, -0.25) is 9.59 Å². The monoisotopic (exact) mass is 426 g/mol. The minimum Gasteiger partial charge on any atom is -0.354 e. The van der Waals surface area contributed by atoms with Crippen LogP contribution in [-0.4, -0.2) is 27.4 Å². The molecule has 1 saturated carbocycles. The summed E-state index contributed by atoms with van der Waals surface area (Å²) >= 11 is 0. The van der Waals surface area contributed by atoms with Crippen LogP contribution < -0.4 is 10.6 Å². The molecular weight excluding hydrogens is 395 g/mol. The number of fused-ring (bicyclic) bond motifs is 1. The highest BCUT2D eigenvalue weighted by molar-refractivity contribution is 5.92. The van der Waals surface area contributed by atoms with Gasteiger partial charge in [-0.25, -0.2) is 9.37 Å². The van der Waals surface area contributed by atoms with E-state index in [4.69, 9.17) is 0 Å². The Morgan fingerprint density at radius 1 is 1.23 bits per heavy atom. The fourth-order valence-corrected chi connectivity index (χ4v) is 5.10. The van der Waals surface area contributed by atoms with Crippen molar-refractivity contribution in [2.45, 2.75) is 72.4 Å². The number of pyridine rings is 1. The third-order valence-electron chi connectivity index (χ3n) is 6.50. The van der Waals surface area contributed by atoms with E-state index in [1.165, 1.54) is 13.1 Å². The molecular formula is C24H31FN4O2. The normalized spacial score (nSPS) is 22.1. The van der Waals surface area contributed by atoms with Crippen LogP contribution in [0.4, 0.5) is 10.2 Å². The van der Waals surface area contributed by atoms with Crippen molar-refractivity contribution in [3.63, 3.8) is 0 Å². The first-order valence-corrected chi connectivity index (χ1v) is 11.1. The van der Waals surface area contributed by atoms with Gasteiger partial charge in [-0.05, 0) is 50.2 Å². The van der Waals surface area contributed by atoms with E-state index in [2.05, 4.69) is 34.0 Å². The molecule has 2 aromatic heterocycles. The molecule has 0 saturated heterocycles. The van der Waals surface area contributed by atoms with E-state index in [0.717, 1.165) is 49.2 Å². The van der Waals surface area contributed by atoms with Crippen molar-refractivity contribution < 1.29 is 14.0 Å². The summed E-state index contributed by atoms with van der Waals surface area (Å²) in [6.07, 6.45) is 5.23. The largest absolute Gasteiger partial charge is 0.354 e. The van der Waals surface area contributed by atoms with E-state index in [1.54, 1.807) is 6.07 Å². The number of halogens is 1. The van der Waals surface area contributed by atoms with Gasteiger partial charge in [0, 0.05) is 47.9 Å². The molecule has 166 valence electrons. The highest BCUT2D eigenvalue weighted by atomic mass is 19.1. The average molecular weight is 427 g/mol. The lowest BCUT2D eigenvalue weighted by molar-refractivity contribution is -0.123. The van der Waals surface area contributed by atoms with Crippen molar-refractivity contribution in [3.05, 3.63) is 35.5 Å². The molecule has 7 heteroatoms. The summed E-state index contributed by atoms with van der Waals surface area (Å²) in [4.78, 5) is 28.3. The number of aryl methyl sites for hydroxylation is 1. The summed E-state index contributed by atoms with van der Waals surface area (Å²) in [6, 6.07) is 3.68. The first-order chi connectivity index (χ1) is 14.6. The molecule has 2 atom stereocenters. The third-order valence-corrected chi connectivity index (χ3v) is 6.50. The van der Waals surface area contributed by atoms with Crippen molar-refractivity contribution in [2.75, 3.05) is 5.32 Å². The van der Waals surface area contributed by atoms with E-state index >= 15 is 0 Å². The van der Waals surface area contributed by atoms with Gasteiger partial charge in [0.1, 0.15) is 11.6 Å². The van der Waals surface area contributed by atoms with Crippen LogP contribution in [0.2, 0.25) is 0 Å². The maximum Gasteiger partial charge on any atom is 0.228 e. The summed E-state index contributed by atoms with van der Waals surface area (Å²) < 4.78 is 17.0. The van der Waals surface area contributed by atoms with E-state index < -0.39 is 0 Å². The average Bonchev–Trinajstić information content (AvgIpc) is 3.16. The lowest BCUT2D eigenvalue weighted by atomic mass is 9.85. The molecule has 4 rings (SSSR count). The second kappa shape index (κ2) is 8.09. The molecule has 0 aromatic carbocycles. The van der Waals surface area contributed by atoms with Crippen LogP contribution in [0.15, 0.2) is 18.3 Å². The lowest BCUT2D eigenvalue weighted by Gasteiger charge is -2.28. The molecule has 2 amide bonds. The highest BCUT2D eigenvalue weighted by Gasteiger charge is 2.33. The smallest absolute Gasteiger partial charge is 0.228 e. The van der Waals surface area contributed by atoms with E-state index in [0.29, 0.717) is 17.8 Å². The topological polar surface area (TPSA) is 76.0 Å². The molecule has 1 aliphatic carbocycles.